The molecule has 10 heteroatoms. The molecule has 1 aliphatic rings. The Kier molecular flexibility index (Phi) is 7.01. The van der Waals surface area contributed by atoms with E-state index in [9.17, 15) is 13.2 Å². The third-order valence-corrected chi connectivity index (χ3v) is 6.65. The first-order valence-electron chi connectivity index (χ1n) is 8.77. The molecule has 2 aromatic carbocycles. The number of amides is 1. The second-order valence-electron chi connectivity index (χ2n) is 6.13. The van der Waals surface area contributed by atoms with Crippen LogP contribution in [0, 0.1) is 0 Å². The third kappa shape index (κ3) is 5.21. The molecule has 0 aromatic heterocycles. The summed E-state index contributed by atoms with van der Waals surface area (Å²) in [7, 11) is -2.14. The quantitative estimate of drug-likeness (QED) is 0.503. The van der Waals surface area contributed by atoms with Crippen LogP contribution in [0.4, 0.5) is 0 Å². The van der Waals surface area contributed by atoms with Crippen LogP contribution in [0.3, 0.4) is 0 Å². The molecule has 8 nitrogen and oxygen atoms in total. The summed E-state index contributed by atoms with van der Waals surface area (Å²) in [5, 5.41) is 3.95. The van der Waals surface area contributed by atoms with Gasteiger partial charge >= 0.3 is 0 Å². The zero-order valence-corrected chi connectivity index (χ0v) is 18.1. The maximum Gasteiger partial charge on any atom is 0.271 e. The number of rotatable bonds is 6. The van der Waals surface area contributed by atoms with Gasteiger partial charge in [0, 0.05) is 28.7 Å². The van der Waals surface area contributed by atoms with Crippen LogP contribution >= 0.6 is 15.9 Å². The van der Waals surface area contributed by atoms with Gasteiger partial charge in [0.2, 0.25) is 10.0 Å². The zero-order valence-electron chi connectivity index (χ0n) is 15.7. The topological polar surface area (TPSA) is 97.3 Å². The molecule has 1 amide bonds. The van der Waals surface area contributed by atoms with Gasteiger partial charge in [0.1, 0.15) is 5.75 Å². The number of carbonyl (C=O) groups is 1. The number of hydrogen-bond acceptors (Lipinski definition) is 6. The Balaban J connectivity index is 1.74. The van der Waals surface area contributed by atoms with Gasteiger partial charge in [-0.1, -0.05) is 22.0 Å². The van der Waals surface area contributed by atoms with Gasteiger partial charge in [-0.15, -0.1) is 0 Å². The Bertz CT molecular complexity index is 1020. The van der Waals surface area contributed by atoms with E-state index < -0.39 is 15.9 Å². The first-order valence-corrected chi connectivity index (χ1v) is 11.0. The predicted octanol–water partition coefficient (Wildman–Crippen LogP) is 2.24. The molecule has 1 N–H and O–H groups in total. The molecule has 0 aliphatic carbocycles. The SMILES string of the molecule is COc1ccc(Br)cc1C=NNC(=O)c1cccc(S(=O)(=O)N2CCOCC2)c1. The summed E-state index contributed by atoms with van der Waals surface area (Å²) >= 11 is 3.37. The molecular formula is C19H20BrN3O5S. The fraction of sp³-hybridized carbons (Fsp3) is 0.263. The zero-order chi connectivity index (χ0) is 20.9. The Morgan fingerprint density at radius 2 is 2.00 bits per heavy atom. The Morgan fingerprint density at radius 3 is 2.72 bits per heavy atom. The van der Waals surface area contributed by atoms with Crippen LogP contribution in [0.1, 0.15) is 15.9 Å². The van der Waals surface area contributed by atoms with E-state index in [1.165, 1.54) is 34.8 Å². The van der Waals surface area contributed by atoms with Gasteiger partial charge in [-0.2, -0.15) is 9.41 Å². The number of methoxy groups -OCH3 is 1. The van der Waals surface area contributed by atoms with Crippen LogP contribution in [-0.2, 0) is 14.8 Å². The summed E-state index contributed by atoms with van der Waals surface area (Å²) in [5.74, 6) is 0.0824. The van der Waals surface area contributed by atoms with E-state index in [0.717, 1.165) is 4.47 Å². The molecule has 0 radical (unpaired) electrons. The van der Waals surface area contributed by atoms with Crippen molar-refractivity contribution in [1.29, 1.82) is 0 Å². The fourth-order valence-electron chi connectivity index (χ4n) is 2.76. The molecule has 0 unspecified atom stereocenters. The van der Waals surface area contributed by atoms with Crippen molar-refractivity contribution in [2.24, 2.45) is 5.10 Å². The molecule has 0 spiro atoms. The predicted molar refractivity (Wildman–Crippen MR) is 112 cm³/mol. The monoisotopic (exact) mass is 481 g/mol. The lowest BCUT2D eigenvalue weighted by molar-refractivity contribution is 0.0730. The molecular weight excluding hydrogens is 462 g/mol. The van der Waals surface area contributed by atoms with Crippen LogP contribution in [-0.4, -0.2) is 58.3 Å². The van der Waals surface area contributed by atoms with Crippen molar-refractivity contribution in [3.05, 3.63) is 58.1 Å². The minimum absolute atomic E-state index is 0.0599. The molecule has 0 saturated carbocycles. The molecule has 154 valence electrons. The molecule has 1 heterocycles. The summed E-state index contributed by atoms with van der Waals surface area (Å²) in [4.78, 5) is 12.5. The van der Waals surface area contributed by atoms with Gasteiger partial charge in [0.05, 0.1) is 31.4 Å². The average Bonchev–Trinajstić information content (AvgIpc) is 2.74. The molecule has 29 heavy (non-hydrogen) atoms. The van der Waals surface area contributed by atoms with Gasteiger partial charge in [0.15, 0.2) is 0 Å². The van der Waals surface area contributed by atoms with Crippen molar-refractivity contribution >= 4 is 38.1 Å². The van der Waals surface area contributed by atoms with Crippen molar-refractivity contribution in [3.8, 4) is 5.75 Å². The number of ether oxygens (including phenoxy) is 2. The normalized spacial score (nSPS) is 15.4. The highest BCUT2D eigenvalue weighted by molar-refractivity contribution is 9.10. The van der Waals surface area contributed by atoms with Crippen molar-refractivity contribution in [1.82, 2.24) is 9.73 Å². The van der Waals surface area contributed by atoms with Crippen molar-refractivity contribution < 1.29 is 22.7 Å². The third-order valence-electron chi connectivity index (χ3n) is 4.27. The minimum Gasteiger partial charge on any atom is -0.496 e. The van der Waals surface area contributed by atoms with E-state index in [1.54, 1.807) is 19.2 Å². The molecule has 3 rings (SSSR count). The van der Waals surface area contributed by atoms with Crippen molar-refractivity contribution in [3.63, 3.8) is 0 Å². The number of morpholine rings is 1. The number of sulfonamides is 1. The first-order chi connectivity index (χ1) is 13.9. The fourth-order valence-corrected chi connectivity index (χ4v) is 4.60. The number of nitrogens with one attached hydrogen (secondary N) is 1. The largest absolute Gasteiger partial charge is 0.496 e. The highest BCUT2D eigenvalue weighted by Crippen LogP contribution is 2.21. The second-order valence-corrected chi connectivity index (χ2v) is 8.98. The average molecular weight is 482 g/mol. The van der Waals surface area contributed by atoms with Crippen LogP contribution in [0.15, 0.2) is 56.9 Å². The summed E-state index contributed by atoms with van der Waals surface area (Å²) in [6.07, 6.45) is 1.45. The van der Waals surface area contributed by atoms with Crippen LogP contribution in [0.2, 0.25) is 0 Å². The van der Waals surface area contributed by atoms with Crippen molar-refractivity contribution in [2.45, 2.75) is 4.90 Å². The molecule has 1 saturated heterocycles. The van der Waals surface area contributed by atoms with Crippen LogP contribution < -0.4 is 10.2 Å². The molecule has 1 fully saturated rings. The van der Waals surface area contributed by atoms with E-state index in [1.807, 2.05) is 6.07 Å². The van der Waals surface area contributed by atoms with E-state index in [4.69, 9.17) is 9.47 Å². The Hall–Kier alpha value is -2.27. The molecule has 0 atom stereocenters. The summed E-state index contributed by atoms with van der Waals surface area (Å²) < 4.78 is 38.1. The Labute approximate surface area is 177 Å². The lowest BCUT2D eigenvalue weighted by Crippen LogP contribution is -2.40. The van der Waals surface area contributed by atoms with Crippen LogP contribution in [0.25, 0.3) is 0 Å². The number of carbonyl (C=O) groups excluding carboxylic acids is 1. The van der Waals surface area contributed by atoms with E-state index in [2.05, 4.69) is 26.5 Å². The van der Waals surface area contributed by atoms with Gasteiger partial charge in [0.25, 0.3) is 5.91 Å². The van der Waals surface area contributed by atoms with Gasteiger partial charge in [-0.05, 0) is 36.4 Å². The standard InChI is InChI=1S/C19H20BrN3O5S/c1-27-18-6-5-16(20)11-15(18)13-21-22-19(24)14-3-2-4-17(12-14)29(25,26)23-7-9-28-10-8-23/h2-6,11-13H,7-10H2,1H3,(H,22,24). The lowest BCUT2D eigenvalue weighted by atomic mass is 10.2. The smallest absolute Gasteiger partial charge is 0.271 e. The van der Waals surface area contributed by atoms with Crippen molar-refractivity contribution in [2.75, 3.05) is 33.4 Å². The first kappa shape index (κ1) is 21.4. The number of halogens is 1. The van der Waals surface area contributed by atoms with E-state index >= 15 is 0 Å². The van der Waals surface area contributed by atoms with E-state index in [0.29, 0.717) is 24.5 Å². The summed E-state index contributed by atoms with van der Waals surface area (Å²) in [5.41, 5.74) is 3.27. The van der Waals surface area contributed by atoms with Gasteiger partial charge in [-0.25, -0.2) is 13.8 Å². The second kappa shape index (κ2) is 9.49. The highest BCUT2D eigenvalue weighted by Gasteiger charge is 2.26. The van der Waals surface area contributed by atoms with Gasteiger partial charge in [-0.3, -0.25) is 4.79 Å². The van der Waals surface area contributed by atoms with Gasteiger partial charge < -0.3 is 9.47 Å². The summed E-state index contributed by atoms with van der Waals surface area (Å²) in [6, 6.07) is 11.3. The number of hydrazone groups is 1. The molecule has 2 aromatic rings. The molecule has 1 aliphatic heterocycles. The number of hydrogen-bond donors (Lipinski definition) is 1. The minimum atomic E-state index is -3.68. The highest BCUT2D eigenvalue weighted by atomic mass is 79.9. The summed E-state index contributed by atoms with van der Waals surface area (Å²) in [6.45, 7) is 1.29. The van der Waals surface area contributed by atoms with Crippen LogP contribution in [0.5, 0.6) is 5.75 Å². The maximum absolute atomic E-state index is 12.8. The number of benzene rings is 2. The maximum atomic E-state index is 12.8. The lowest BCUT2D eigenvalue weighted by Gasteiger charge is -2.26. The Morgan fingerprint density at radius 1 is 1.24 bits per heavy atom. The number of nitrogens with zero attached hydrogens (tertiary/aromatic N) is 2. The molecule has 0 bridgehead atoms. The van der Waals surface area contributed by atoms with E-state index in [-0.39, 0.29) is 23.5 Å².